The van der Waals surface area contributed by atoms with Gasteiger partial charge in [0.05, 0.1) is 6.10 Å². The van der Waals surface area contributed by atoms with Crippen molar-refractivity contribution in [1.82, 2.24) is 0 Å². The van der Waals surface area contributed by atoms with Gasteiger partial charge in [0.2, 0.25) is 5.78 Å². The van der Waals surface area contributed by atoms with E-state index in [0.29, 0.717) is 31.3 Å². The van der Waals surface area contributed by atoms with Crippen LogP contribution in [-0.2, 0) is 19.1 Å². The van der Waals surface area contributed by atoms with Gasteiger partial charge in [-0.1, -0.05) is 32.4 Å². The smallest absolute Gasteiger partial charge is 0.306 e. The molecule has 33 heavy (non-hydrogen) atoms. The van der Waals surface area contributed by atoms with E-state index < -0.39 is 58.4 Å². The third-order valence-electron chi connectivity index (χ3n) is 9.47. The fraction of sp³-hybridized carbons (Fsp3) is 0.731. The number of esters is 1. The number of rotatable bonds is 5. The molecule has 1 unspecified atom stereocenters. The monoisotopic (exact) mass is 462 g/mol. The zero-order valence-electron chi connectivity index (χ0n) is 19.9. The summed E-state index contributed by atoms with van der Waals surface area (Å²) in [4.78, 5) is 37.9. The molecule has 0 bridgehead atoms. The largest absolute Gasteiger partial charge is 0.450 e. The number of carbonyl (C=O) groups excluding carboxylic acids is 3. The van der Waals surface area contributed by atoms with Crippen molar-refractivity contribution in [3.63, 3.8) is 0 Å². The Labute approximate surface area is 194 Å². The van der Waals surface area contributed by atoms with Crippen molar-refractivity contribution in [3.8, 4) is 0 Å². The highest BCUT2D eigenvalue weighted by Gasteiger charge is 2.77. The van der Waals surface area contributed by atoms with E-state index in [4.69, 9.17) is 4.74 Å². The van der Waals surface area contributed by atoms with Gasteiger partial charge in [-0.25, -0.2) is 4.39 Å². The minimum atomic E-state index is -2.02. The molecule has 4 rings (SSSR count). The fourth-order valence-corrected chi connectivity index (χ4v) is 7.95. The number of alkyl halides is 1. The highest BCUT2D eigenvalue weighted by Crippen LogP contribution is 2.71. The molecule has 2 N–H and O–H groups in total. The topological polar surface area (TPSA) is 101 Å². The van der Waals surface area contributed by atoms with Crippen LogP contribution in [0.3, 0.4) is 0 Å². The zero-order chi connectivity index (χ0) is 24.4. The lowest BCUT2D eigenvalue weighted by molar-refractivity contribution is -0.228. The summed E-state index contributed by atoms with van der Waals surface area (Å²) in [5.41, 5.74) is -5.10. The highest BCUT2D eigenvalue weighted by molar-refractivity contribution is 6.01. The molecule has 0 radical (unpaired) electrons. The van der Waals surface area contributed by atoms with Gasteiger partial charge in [-0.2, -0.15) is 0 Å². The molecule has 0 aromatic carbocycles. The lowest BCUT2D eigenvalue weighted by Gasteiger charge is -2.62. The van der Waals surface area contributed by atoms with E-state index in [1.165, 1.54) is 12.2 Å². The fourth-order valence-electron chi connectivity index (χ4n) is 7.95. The maximum atomic E-state index is 17.2. The molecule has 7 heteroatoms. The van der Waals surface area contributed by atoms with E-state index in [-0.39, 0.29) is 24.5 Å². The molecule has 3 fully saturated rings. The van der Waals surface area contributed by atoms with E-state index in [1.54, 1.807) is 13.0 Å². The van der Waals surface area contributed by atoms with Crippen molar-refractivity contribution < 1.29 is 33.7 Å². The molecule has 0 aromatic rings. The Kier molecular flexibility index (Phi) is 5.77. The first kappa shape index (κ1) is 24.3. The number of ketones is 2. The van der Waals surface area contributed by atoms with Gasteiger partial charge in [0.1, 0.15) is 6.61 Å². The number of hydrogen-bond donors (Lipinski definition) is 2. The van der Waals surface area contributed by atoms with Gasteiger partial charge in [-0.15, -0.1) is 0 Å². The second-order valence-corrected chi connectivity index (χ2v) is 10.9. The Morgan fingerprint density at radius 3 is 2.61 bits per heavy atom. The average Bonchev–Trinajstić information content (AvgIpc) is 2.97. The Hall–Kier alpha value is -1.86. The maximum Gasteiger partial charge on any atom is 0.306 e. The van der Waals surface area contributed by atoms with E-state index in [0.717, 1.165) is 0 Å². The molecule has 182 valence electrons. The van der Waals surface area contributed by atoms with Gasteiger partial charge in [0, 0.05) is 29.1 Å². The maximum absolute atomic E-state index is 17.2. The minimum Gasteiger partial charge on any atom is -0.450 e. The van der Waals surface area contributed by atoms with Crippen LogP contribution in [0.15, 0.2) is 23.8 Å². The molecule has 0 saturated heterocycles. The third kappa shape index (κ3) is 2.94. The second-order valence-electron chi connectivity index (χ2n) is 10.9. The van der Waals surface area contributed by atoms with Crippen molar-refractivity contribution in [3.05, 3.63) is 23.8 Å². The number of hydrogen-bond acceptors (Lipinski definition) is 6. The Bertz CT molecular complexity index is 941. The number of Topliss-reactive ketones (excluding diaryl/α,β-unsaturated/α-hetero) is 1. The number of allylic oxidation sites excluding steroid dienone is 4. The summed E-state index contributed by atoms with van der Waals surface area (Å²) in [6.07, 6.45) is 5.02. The first-order chi connectivity index (χ1) is 15.4. The van der Waals surface area contributed by atoms with Crippen molar-refractivity contribution in [2.75, 3.05) is 6.61 Å². The molecular formula is C26H35FO6. The lowest BCUT2D eigenvalue weighted by atomic mass is 9.44. The number of aliphatic hydroxyl groups excluding tert-OH is 2. The quantitative estimate of drug-likeness (QED) is 0.609. The number of aliphatic hydroxyl groups is 2. The second kappa shape index (κ2) is 7.84. The molecule has 4 aliphatic carbocycles. The summed E-state index contributed by atoms with van der Waals surface area (Å²) in [6.45, 7) is 6.42. The normalized spacial score (nSPS) is 46.2. The van der Waals surface area contributed by atoms with Crippen molar-refractivity contribution in [2.24, 2.45) is 28.6 Å². The average molecular weight is 463 g/mol. The Morgan fingerprint density at radius 2 is 1.97 bits per heavy atom. The molecule has 8 atom stereocenters. The first-order valence-electron chi connectivity index (χ1n) is 12.1. The SMILES string of the molecule is CCCC(=O)O[C@]1(C(=O)CO)[C@@H](C)C[C@H]2[C@@H]3CCC4=CC(=O)C=C[C@]4(C)[C@@]3(F)C(O)C[C@@]21C. The van der Waals surface area contributed by atoms with Gasteiger partial charge >= 0.3 is 5.97 Å². The molecule has 0 spiro atoms. The van der Waals surface area contributed by atoms with Crippen LogP contribution in [0.1, 0.15) is 66.2 Å². The van der Waals surface area contributed by atoms with Gasteiger partial charge in [0.25, 0.3) is 0 Å². The van der Waals surface area contributed by atoms with Gasteiger partial charge in [-0.05, 0) is 57.1 Å². The summed E-state index contributed by atoms with van der Waals surface area (Å²) >= 11 is 0. The predicted octanol–water partition coefficient (Wildman–Crippen LogP) is 3.25. The molecule has 6 nitrogen and oxygen atoms in total. The molecule has 0 aromatic heterocycles. The van der Waals surface area contributed by atoms with Crippen LogP contribution in [0.4, 0.5) is 4.39 Å². The summed E-state index contributed by atoms with van der Waals surface area (Å²) < 4.78 is 23.1. The lowest BCUT2D eigenvalue weighted by Crippen LogP contribution is -2.70. The Morgan fingerprint density at radius 1 is 1.27 bits per heavy atom. The molecule has 0 aliphatic heterocycles. The van der Waals surface area contributed by atoms with Crippen LogP contribution < -0.4 is 0 Å². The predicted molar refractivity (Wildman–Crippen MR) is 119 cm³/mol. The summed E-state index contributed by atoms with van der Waals surface area (Å²) in [7, 11) is 0. The molecule has 4 aliphatic rings. The van der Waals surface area contributed by atoms with Crippen molar-refractivity contribution >= 4 is 17.5 Å². The molecule has 3 saturated carbocycles. The third-order valence-corrected chi connectivity index (χ3v) is 9.47. The van der Waals surface area contributed by atoms with Crippen LogP contribution in [0.25, 0.3) is 0 Å². The van der Waals surface area contributed by atoms with Crippen LogP contribution in [0, 0.1) is 28.6 Å². The van der Waals surface area contributed by atoms with Gasteiger partial charge < -0.3 is 14.9 Å². The van der Waals surface area contributed by atoms with Crippen LogP contribution >= 0.6 is 0 Å². The van der Waals surface area contributed by atoms with Gasteiger partial charge in [-0.3, -0.25) is 14.4 Å². The van der Waals surface area contributed by atoms with Crippen LogP contribution in [0.5, 0.6) is 0 Å². The molecule has 0 heterocycles. The standard InChI is InChI=1S/C26H35FO6/c1-5-6-22(32)33-26(21(31)14-28)15(2)11-19-18-8-7-16-12-17(29)9-10-23(16,3)25(18,27)20(30)13-24(19,26)4/h9-10,12,15,18-20,28,30H,5-8,11,13-14H2,1-4H3/t15-,18-,19-,20?,23-,24-,25-,26-/m0/s1. The summed E-state index contributed by atoms with van der Waals surface area (Å²) in [6, 6.07) is 0. The van der Waals surface area contributed by atoms with Crippen molar-refractivity contribution in [1.29, 1.82) is 0 Å². The number of carbonyl (C=O) groups is 3. The first-order valence-corrected chi connectivity index (χ1v) is 12.1. The number of ether oxygens (including phenoxy) is 1. The highest BCUT2D eigenvalue weighted by atomic mass is 19.1. The molecule has 0 amide bonds. The van der Waals surface area contributed by atoms with Gasteiger partial charge in [0.15, 0.2) is 17.1 Å². The van der Waals surface area contributed by atoms with E-state index in [9.17, 15) is 24.6 Å². The summed E-state index contributed by atoms with van der Waals surface area (Å²) in [5.74, 6) is -2.65. The van der Waals surface area contributed by atoms with Crippen LogP contribution in [0.2, 0.25) is 0 Å². The number of halogens is 1. The van der Waals surface area contributed by atoms with E-state index >= 15 is 4.39 Å². The minimum absolute atomic E-state index is 0.0786. The van der Waals surface area contributed by atoms with Crippen molar-refractivity contribution in [2.45, 2.75) is 83.6 Å². The Balaban J connectivity index is 1.83. The molecular weight excluding hydrogens is 427 g/mol. The van der Waals surface area contributed by atoms with Crippen LogP contribution in [-0.4, -0.2) is 51.7 Å². The number of fused-ring (bicyclic) bond motifs is 5. The summed E-state index contributed by atoms with van der Waals surface area (Å²) in [5, 5.41) is 21.3. The zero-order valence-corrected chi connectivity index (χ0v) is 19.9. The van der Waals surface area contributed by atoms with E-state index in [2.05, 4.69) is 0 Å². The van der Waals surface area contributed by atoms with E-state index in [1.807, 2.05) is 20.8 Å².